The van der Waals surface area contributed by atoms with E-state index in [0.717, 1.165) is 26.2 Å². The molecule has 4 heteroatoms. The van der Waals surface area contributed by atoms with Crippen LogP contribution in [0.1, 0.15) is 5.56 Å². The molecule has 1 aromatic heterocycles. The average Bonchev–Trinajstić information content (AvgIpc) is 2.84. The molecule has 1 fully saturated rings. The van der Waals surface area contributed by atoms with E-state index < -0.39 is 0 Å². The Hall–Kier alpha value is -0.940. The maximum absolute atomic E-state index is 9.56. The molecule has 1 aliphatic heterocycles. The summed E-state index contributed by atoms with van der Waals surface area (Å²) in [6.45, 7) is 4.26. The van der Waals surface area contributed by atoms with E-state index in [2.05, 4.69) is 46.5 Å². The van der Waals surface area contributed by atoms with Gasteiger partial charge >= 0.3 is 0 Å². The Balaban J connectivity index is 1.80. The largest absolute Gasteiger partial charge is 0.395 e. The van der Waals surface area contributed by atoms with Gasteiger partial charge in [-0.05, 0) is 29.4 Å². The SMILES string of the molecule is CN1CCN(Cc2csc3ccccc23)C(CO)C1. The van der Waals surface area contributed by atoms with Crippen molar-refractivity contribution < 1.29 is 5.11 Å². The Labute approximate surface area is 118 Å². The minimum atomic E-state index is 0.242. The van der Waals surface area contributed by atoms with E-state index >= 15 is 0 Å². The van der Waals surface area contributed by atoms with E-state index in [1.165, 1.54) is 15.6 Å². The van der Waals surface area contributed by atoms with Gasteiger partial charge < -0.3 is 10.0 Å². The smallest absolute Gasteiger partial charge is 0.0599 e. The highest BCUT2D eigenvalue weighted by Gasteiger charge is 2.25. The monoisotopic (exact) mass is 276 g/mol. The summed E-state index contributed by atoms with van der Waals surface area (Å²) < 4.78 is 1.35. The molecule has 3 rings (SSSR count). The summed E-state index contributed by atoms with van der Waals surface area (Å²) in [5.41, 5.74) is 1.39. The highest BCUT2D eigenvalue weighted by molar-refractivity contribution is 7.17. The molecule has 0 saturated carbocycles. The van der Waals surface area contributed by atoms with E-state index in [1.54, 1.807) is 0 Å². The molecule has 0 bridgehead atoms. The van der Waals surface area contributed by atoms with Crippen molar-refractivity contribution in [2.45, 2.75) is 12.6 Å². The molecule has 3 nitrogen and oxygen atoms in total. The van der Waals surface area contributed by atoms with Crippen LogP contribution in [0.25, 0.3) is 10.1 Å². The second-order valence-electron chi connectivity index (χ2n) is 5.33. The van der Waals surface area contributed by atoms with Crippen molar-refractivity contribution in [3.05, 3.63) is 35.2 Å². The van der Waals surface area contributed by atoms with Gasteiger partial charge in [-0.25, -0.2) is 0 Å². The lowest BCUT2D eigenvalue weighted by Gasteiger charge is -2.39. The molecule has 1 saturated heterocycles. The van der Waals surface area contributed by atoms with Crippen LogP contribution in [0.3, 0.4) is 0 Å². The minimum absolute atomic E-state index is 0.242. The van der Waals surface area contributed by atoms with E-state index in [4.69, 9.17) is 0 Å². The number of aliphatic hydroxyl groups excluding tert-OH is 1. The maximum atomic E-state index is 9.56. The zero-order valence-electron chi connectivity index (χ0n) is 11.2. The number of fused-ring (bicyclic) bond motifs is 1. The van der Waals surface area contributed by atoms with Gasteiger partial charge in [-0.15, -0.1) is 11.3 Å². The molecule has 2 heterocycles. The topological polar surface area (TPSA) is 26.7 Å². The van der Waals surface area contributed by atoms with Crippen molar-refractivity contribution in [3.63, 3.8) is 0 Å². The van der Waals surface area contributed by atoms with Gasteiger partial charge in [-0.3, -0.25) is 4.90 Å². The molecule has 0 amide bonds. The van der Waals surface area contributed by atoms with Crippen LogP contribution in [-0.4, -0.2) is 54.2 Å². The molecule has 0 radical (unpaired) electrons. The van der Waals surface area contributed by atoms with Gasteiger partial charge in [0.1, 0.15) is 0 Å². The highest BCUT2D eigenvalue weighted by atomic mass is 32.1. The fourth-order valence-corrected chi connectivity index (χ4v) is 3.76. The Morgan fingerprint density at radius 3 is 3.00 bits per heavy atom. The first kappa shape index (κ1) is 13.1. The van der Waals surface area contributed by atoms with Crippen LogP contribution in [0, 0.1) is 0 Å². The number of likely N-dealkylation sites (N-methyl/N-ethyl adjacent to an activating group) is 1. The predicted molar refractivity (Wildman–Crippen MR) is 80.6 cm³/mol. The van der Waals surface area contributed by atoms with Crippen molar-refractivity contribution in [2.75, 3.05) is 33.3 Å². The summed E-state index contributed by atoms with van der Waals surface area (Å²) in [5, 5.41) is 13.2. The quantitative estimate of drug-likeness (QED) is 0.929. The molecule has 1 aliphatic rings. The Kier molecular flexibility index (Phi) is 3.84. The fourth-order valence-electron chi connectivity index (χ4n) is 2.80. The van der Waals surface area contributed by atoms with Crippen molar-refractivity contribution in [1.29, 1.82) is 0 Å². The van der Waals surface area contributed by atoms with Gasteiger partial charge in [0.25, 0.3) is 0 Å². The number of hydrogen-bond acceptors (Lipinski definition) is 4. The molecular weight excluding hydrogens is 256 g/mol. The van der Waals surface area contributed by atoms with Gasteiger partial charge in [-0.2, -0.15) is 0 Å². The first-order valence-corrected chi connectivity index (χ1v) is 7.64. The second kappa shape index (κ2) is 5.59. The second-order valence-corrected chi connectivity index (χ2v) is 6.24. The standard InChI is InChI=1S/C15H20N2OS/c1-16-6-7-17(13(9-16)10-18)8-12-11-19-15-5-3-2-4-14(12)15/h2-5,11,13,18H,6-10H2,1H3. The summed E-state index contributed by atoms with van der Waals surface area (Å²) in [6, 6.07) is 8.83. The van der Waals surface area contributed by atoms with Gasteiger partial charge in [0.2, 0.25) is 0 Å². The number of thiophene rings is 1. The predicted octanol–water partition coefficient (Wildman–Crippen LogP) is 2.01. The molecule has 1 N–H and O–H groups in total. The number of aliphatic hydroxyl groups is 1. The molecular formula is C15H20N2OS. The van der Waals surface area contributed by atoms with Crippen molar-refractivity contribution in [3.8, 4) is 0 Å². The van der Waals surface area contributed by atoms with E-state index in [9.17, 15) is 5.11 Å². The molecule has 1 atom stereocenters. The molecule has 19 heavy (non-hydrogen) atoms. The Bertz CT molecular complexity index is 554. The fraction of sp³-hybridized carbons (Fsp3) is 0.467. The third kappa shape index (κ3) is 2.67. The lowest BCUT2D eigenvalue weighted by atomic mass is 10.1. The number of piperazine rings is 1. The third-order valence-corrected chi connectivity index (χ3v) is 4.97. The average molecular weight is 276 g/mol. The van der Waals surface area contributed by atoms with Gasteiger partial charge in [0.15, 0.2) is 0 Å². The van der Waals surface area contributed by atoms with Crippen molar-refractivity contribution in [2.24, 2.45) is 0 Å². The van der Waals surface area contributed by atoms with Gasteiger partial charge in [0.05, 0.1) is 6.61 Å². The van der Waals surface area contributed by atoms with Crippen LogP contribution >= 0.6 is 11.3 Å². The van der Waals surface area contributed by atoms with E-state index in [-0.39, 0.29) is 12.6 Å². The molecule has 102 valence electrons. The number of hydrogen-bond donors (Lipinski definition) is 1. The van der Waals surface area contributed by atoms with Crippen LogP contribution < -0.4 is 0 Å². The first-order chi connectivity index (χ1) is 9.28. The molecule has 2 aromatic rings. The van der Waals surface area contributed by atoms with Crippen LogP contribution in [0.2, 0.25) is 0 Å². The summed E-state index contributed by atoms with van der Waals surface area (Å²) in [4.78, 5) is 4.71. The van der Waals surface area contributed by atoms with Crippen LogP contribution in [0.5, 0.6) is 0 Å². The van der Waals surface area contributed by atoms with Crippen LogP contribution in [-0.2, 0) is 6.54 Å². The van der Waals surface area contributed by atoms with Gasteiger partial charge in [-0.1, -0.05) is 18.2 Å². The highest BCUT2D eigenvalue weighted by Crippen LogP contribution is 2.27. The first-order valence-electron chi connectivity index (χ1n) is 6.76. The van der Waals surface area contributed by atoms with Crippen molar-refractivity contribution >= 4 is 21.4 Å². The molecule has 1 unspecified atom stereocenters. The van der Waals surface area contributed by atoms with E-state index in [0.29, 0.717) is 0 Å². The zero-order valence-corrected chi connectivity index (χ0v) is 12.1. The van der Waals surface area contributed by atoms with E-state index in [1.807, 2.05) is 11.3 Å². The maximum Gasteiger partial charge on any atom is 0.0599 e. The summed E-state index contributed by atoms with van der Waals surface area (Å²) in [5.74, 6) is 0. The normalized spacial score (nSPS) is 22.1. The molecule has 0 aliphatic carbocycles. The van der Waals surface area contributed by atoms with Crippen LogP contribution in [0.4, 0.5) is 0 Å². The Morgan fingerprint density at radius 2 is 2.16 bits per heavy atom. The van der Waals surface area contributed by atoms with Crippen molar-refractivity contribution in [1.82, 2.24) is 9.80 Å². The number of benzene rings is 1. The number of rotatable bonds is 3. The van der Waals surface area contributed by atoms with Crippen LogP contribution in [0.15, 0.2) is 29.6 Å². The lowest BCUT2D eigenvalue weighted by Crippen LogP contribution is -2.52. The summed E-state index contributed by atoms with van der Waals surface area (Å²) in [6.07, 6.45) is 0. The third-order valence-electron chi connectivity index (χ3n) is 3.95. The lowest BCUT2D eigenvalue weighted by molar-refractivity contribution is 0.0461. The van der Waals surface area contributed by atoms with Gasteiger partial charge in [0, 0.05) is 36.9 Å². The molecule has 1 aromatic carbocycles. The minimum Gasteiger partial charge on any atom is -0.395 e. The number of nitrogens with zero attached hydrogens (tertiary/aromatic N) is 2. The molecule has 0 spiro atoms. The summed E-state index contributed by atoms with van der Waals surface area (Å²) in [7, 11) is 2.12. The summed E-state index contributed by atoms with van der Waals surface area (Å²) >= 11 is 1.81. The zero-order chi connectivity index (χ0) is 13.2. The Morgan fingerprint density at radius 1 is 1.32 bits per heavy atom.